The predicted molar refractivity (Wildman–Crippen MR) is 115 cm³/mol. The van der Waals surface area contributed by atoms with E-state index in [-0.39, 0.29) is 10.5 Å². The average Bonchev–Trinajstić information content (AvgIpc) is 2.90. The monoisotopic (exact) mass is 447 g/mol. The van der Waals surface area contributed by atoms with E-state index in [2.05, 4.69) is 17.1 Å². The van der Waals surface area contributed by atoms with Crippen LogP contribution in [0.1, 0.15) is 30.1 Å². The van der Waals surface area contributed by atoms with E-state index in [1.807, 2.05) is 6.07 Å². The molecule has 4 rings (SSSR count). The van der Waals surface area contributed by atoms with E-state index < -0.39 is 28.4 Å². The van der Waals surface area contributed by atoms with Crippen molar-refractivity contribution in [2.45, 2.75) is 24.7 Å². The van der Waals surface area contributed by atoms with Gasteiger partial charge in [0.25, 0.3) is 15.9 Å². The molecule has 158 valence electrons. The number of hydrogen-bond donors (Lipinski definition) is 1. The summed E-state index contributed by atoms with van der Waals surface area (Å²) in [5.41, 5.74) is 1.43. The fraction of sp³-hybridized carbons (Fsp3) is 0.333. The number of rotatable bonds is 4. The largest absolute Gasteiger partial charge is 0.370 e. The molecule has 0 spiro atoms. The number of nitrogens with zero attached hydrogens (tertiary/aromatic N) is 2. The van der Waals surface area contributed by atoms with Gasteiger partial charge in [-0.3, -0.25) is 9.59 Å². The van der Waals surface area contributed by atoms with E-state index in [1.54, 1.807) is 24.3 Å². The first-order chi connectivity index (χ1) is 14.3. The molecule has 0 radical (unpaired) electrons. The van der Waals surface area contributed by atoms with Gasteiger partial charge in [0.15, 0.2) is 0 Å². The Balaban J connectivity index is 1.45. The maximum atomic E-state index is 12.6. The zero-order chi connectivity index (χ0) is 21.5. The summed E-state index contributed by atoms with van der Waals surface area (Å²) in [7, 11) is -4.03. The zero-order valence-electron chi connectivity index (χ0n) is 16.5. The highest BCUT2D eigenvalue weighted by Crippen LogP contribution is 2.32. The molecule has 0 saturated carbocycles. The molecule has 2 heterocycles. The summed E-state index contributed by atoms with van der Waals surface area (Å²) in [5, 5.41) is 3.15. The number of hydrogen-bond acceptors (Lipinski definition) is 5. The molecule has 2 aliphatic heterocycles. The van der Waals surface area contributed by atoms with Gasteiger partial charge in [-0.25, -0.2) is 12.7 Å². The molecule has 0 bridgehead atoms. The van der Waals surface area contributed by atoms with Crippen LogP contribution in [0.15, 0.2) is 47.4 Å². The van der Waals surface area contributed by atoms with Crippen LogP contribution < -0.4 is 10.2 Å². The third-order valence-corrected chi connectivity index (χ3v) is 7.64. The maximum absolute atomic E-state index is 12.6. The molecule has 0 atom stereocenters. The Hall–Kier alpha value is -2.58. The molecule has 7 nitrogen and oxygen atoms in total. The summed E-state index contributed by atoms with van der Waals surface area (Å²) in [6.07, 6.45) is 2.21. The Morgan fingerprint density at radius 2 is 1.87 bits per heavy atom. The minimum absolute atomic E-state index is 0.0774. The van der Waals surface area contributed by atoms with Crippen LogP contribution >= 0.6 is 11.6 Å². The Morgan fingerprint density at radius 3 is 2.53 bits per heavy atom. The summed E-state index contributed by atoms with van der Waals surface area (Å²) in [6.45, 7) is 3.50. The number of nitrogens with one attached hydrogen (secondary N) is 1. The average molecular weight is 448 g/mol. The van der Waals surface area contributed by atoms with Crippen molar-refractivity contribution in [2.24, 2.45) is 5.92 Å². The summed E-state index contributed by atoms with van der Waals surface area (Å²) < 4.78 is 25.8. The van der Waals surface area contributed by atoms with E-state index in [1.165, 1.54) is 12.1 Å². The fourth-order valence-corrected chi connectivity index (χ4v) is 5.63. The zero-order valence-corrected chi connectivity index (χ0v) is 18.0. The van der Waals surface area contributed by atoms with E-state index in [0.717, 1.165) is 31.6 Å². The van der Waals surface area contributed by atoms with Crippen molar-refractivity contribution in [1.82, 2.24) is 4.31 Å². The molecule has 1 N–H and O–H groups in total. The van der Waals surface area contributed by atoms with E-state index >= 15 is 0 Å². The molecule has 2 aliphatic rings. The molecular formula is C21H22ClN3O4S. The Kier molecular flexibility index (Phi) is 5.46. The minimum Gasteiger partial charge on any atom is -0.370 e. The first kappa shape index (κ1) is 20.7. The van der Waals surface area contributed by atoms with Gasteiger partial charge in [0.2, 0.25) is 5.91 Å². The lowest BCUT2D eigenvalue weighted by molar-refractivity contribution is -0.116. The van der Waals surface area contributed by atoms with Crippen LogP contribution in [-0.2, 0) is 14.8 Å². The highest BCUT2D eigenvalue weighted by molar-refractivity contribution is 7.90. The third-order valence-electron chi connectivity index (χ3n) is 5.56. The Bertz CT molecular complexity index is 1110. The first-order valence-corrected chi connectivity index (χ1v) is 11.6. The molecule has 1 fully saturated rings. The normalized spacial score (nSPS) is 18.4. The lowest BCUT2D eigenvalue weighted by Crippen LogP contribution is -2.37. The van der Waals surface area contributed by atoms with Crippen molar-refractivity contribution in [2.75, 3.05) is 29.9 Å². The van der Waals surface area contributed by atoms with Crippen LogP contribution in [-0.4, -0.2) is 44.2 Å². The topological polar surface area (TPSA) is 86.8 Å². The molecule has 2 amide bonds. The second-order valence-electron chi connectivity index (χ2n) is 7.70. The number of carbonyl (C=O) groups is 2. The number of halogens is 1. The standard InChI is InChI=1S/C21H22ClN3O4S/c1-14-8-10-24(11-9-14)18-7-6-15(12-17(18)22)23-20(26)13-25-21(27)16-4-2-3-5-19(16)30(25,28)29/h2-7,12,14H,8-11,13H2,1H3,(H,23,26). The summed E-state index contributed by atoms with van der Waals surface area (Å²) in [5.74, 6) is -0.613. The number of amides is 2. The second kappa shape index (κ2) is 7.92. The molecular weight excluding hydrogens is 426 g/mol. The minimum atomic E-state index is -4.03. The van der Waals surface area contributed by atoms with Crippen LogP contribution in [0.2, 0.25) is 5.02 Å². The molecule has 30 heavy (non-hydrogen) atoms. The quantitative estimate of drug-likeness (QED) is 0.776. The van der Waals surface area contributed by atoms with Crippen molar-refractivity contribution in [3.05, 3.63) is 53.1 Å². The summed E-state index contributed by atoms with van der Waals surface area (Å²) in [6, 6.07) is 11.1. The first-order valence-electron chi connectivity index (χ1n) is 9.78. The number of carbonyl (C=O) groups excluding carboxylic acids is 2. The van der Waals surface area contributed by atoms with Gasteiger partial charge in [0.1, 0.15) is 11.4 Å². The summed E-state index contributed by atoms with van der Waals surface area (Å²) >= 11 is 6.43. The van der Waals surface area contributed by atoms with Crippen LogP contribution in [0, 0.1) is 5.92 Å². The highest BCUT2D eigenvalue weighted by Gasteiger charge is 2.41. The maximum Gasteiger partial charge on any atom is 0.269 e. The second-order valence-corrected chi connectivity index (χ2v) is 9.93. The van der Waals surface area contributed by atoms with E-state index in [0.29, 0.717) is 20.9 Å². The van der Waals surface area contributed by atoms with Gasteiger partial charge in [0.05, 0.1) is 16.3 Å². The van der Waals surface area contributed by atoms with Crippen LogP contribution in [0.3, 0.4) is 0 Å². The van der Waals surface area contributed by atoms with Gasteiger partial charge in [-0.15, -0.1) is 0 Å². The van der Waals surface area contributed by atoms with Crippen molar-refractivity contribution in [3.8, 4) is 0 Å². The van der Waals surface area contributed by atoms with Gasteiger partial charge >= 0.3 is 0 Å². The summed E-state index contributed by atoms with van der Waals surface area (Å²) in [4.78, 5) is 27.0. The molecule has 1 saturated heterocycles. The highest BCUT2D eigenvalue weighted by atomic mass is 35.5. The molecule has 9 heteroatoms. The van der Waals surface area contributed by atoms with Crippen molar-refractivity contribution in [3.63, 3.8) is 0 Å². The molecule has 0 aromatic heterocycles. The van der Waals surface area contributed by atoms with E-state index in [4.69, 9.17) is 11.6 Å². The van der Waals surface area contributed by atoms with Crippen molar-refractivity contribution < 1.29 is 18.0 Å². The number of sulfonamides is 1. The Morgan fingerprint density at radius 1 is 1.17 bits per heavy atom. The van der Waals surface area contributed by atoms with Gasteiger partial charge < -0.3 is 10.2 Å². The number of benzene rings is 2. The lowest BCUT2D eigenvalue weighted by atomic mass is 9.99. The molecule has 0 aliphatic carbocycles. The number of fused-ring (bicyclic) bond motifs is 1. The molecule has 2 aromatic carbocycles. The fourth-order valence-electron chi connectivity index (χ4n) is 3.81. The van der Waals surface area contributed by atoms with Gasteiger partial charge in [-0.2, -0.15) is 0 Å². The smallest absolute Gasteiger partial charge is 0.269 e. The molecule has 2 aromatic rings. The van der Waals surface area contributed by atoms with Gasteiger partial charge in [0, 0.05) is 18.8 Å². The number of anilines is 2. The lowest BCUT2D eigenvalue weighted by Gasteiger charge is -2.32. The van der Waals surface area contributed by atoms with Gasteiger partial charge in [-0.1, -0.05) is 30.7 Å². The predicted octanol–water partition coefficient (Wildman–Crippen LogP) is 3.36. The number of piperidine rings is 1. The van der Waals surface area contributed by atoms with Crippen molar-refractivity contribution >= 4 is 44.8 Å². The van der Waals surface area contributed by atoms with Crippen LogP contribution in [0.25, 0.3) is 0 Å². The third kappa shape index (κ3) is 3.77. The Labute approximate surface area is 180 Å². The van der Waals surface area contributed by atoms with Crippen molar-refractivity contribution in [1.29, 1.82) is 0 Å². The van der Waals surface area contributed by atoms with Crippen LogP contribution in [0.4, 0.5) is 11.4 Å². The SMILES string of the molecule is CC1CCN(c2ccc(NC(=O)CN3C(=O)c4ccccc4S3(=O)=O)cc2Cl)CC1. The van der Waals surface area contributed by atoms with Crippen LogP contribution in [0.5, 0.6) is 0 Å². The molecule has 0 unspecified atom stereocenters. The van der Waals surface area contributed by atoms with E-state index in [9.17, 15) is 18.0 Å². The van der Waals surface area contributed by atoms with Gasteiger partial charge in [-0.05, 0) is 49.1 Å².